The third kappa shape index (κ3) is 5.90. The quantitative estimate of drug-likeness (QED) is 0.651. The van der Waals surface area contributed by atoms with Crippen LogP contribution in [0, 0.1) is 12.8 Å². The van der Waals surface area contributed by atoms with E-state index in [0.29, 0.717) is 12.0 Å². The average molecular weight is 404 g/mol. The zero-order chi connectivity index (χ0) is 20.7. The number of nitrogens with two attached hydrogens (primary N) is 1. The highest BCUT2D eigenvalue weighted by molar-refractivity contribution is 7.89. The molecule has 0 aliphatic heterocycles. The van der Waals surface area contributed by atoms with Crippen molar-refractivity contribution >= 4 is 21.9 Å². The van der Waals surface area contributed by atoms with Crippen LogP contribution >= 0.6 is 0 Å². The fourth-order valence-electron chi connectivity index (χ4n) is 2.73. The fraction of sp³-hybridized carbons (Fsp3) is 0.300. The van der Waals surface area contributed by atoms with Crippen molar-refractivity contribution in [1.29, 1.82) is 0 Å². The molecule has 0 bridgehead atoms. The Morgan fingerprint density at radius 3 is 2.43 bits per heavy atom. The van der Waals surface area contributed by atoms with E-state index in [4.69, 9.17) is 9.88 Å². The van der Waals surface area contributed by atoms with Crippen LogP contribution in [0.1, 0.15) is 28.4 Å². The second-order valence-corrected chi connectivity index (χ2v) is 7.93. The Hall–Kier alpha value is -2.71. The van der Waals surface area contributed by atoms with Crippen LogP contribution in [0.5, 0.6) is 0 Å². The summed E-state index contributed by atoms with van der Waals surface area (Å²) in [6.45, 7) is 3.71. The molecule has 0 fully saturated rings. The molecule has 150 valence electrons. The highest BCUT2D eigenvalue weighted by atomic mass is 32.2. The molecule has 1 amide bonds. The van der Waals surface area contributed by atoms with Gasteiger partial charge in [0.1, 0.15) is 0 Å². The van der Waals surface area contributed by atoms with E-state index in [9.17, 15) is 18.0 Å². The summed E-state index contributed by atoms with van der Waals surface area (Å²) in [5.41, 5.74) is 1.73. The summed E-state index contributed by atoms with van der Waals surface area (Å²) >= 11 is 0. The van der Waals surface area contributed by atoms with Gasteiger partial charge in [-0.25, -0.2) is 13.6 Å². The number of amides is 1. The van der Waals surface area contributed by atoms with E-state index < -0.39 is 27.8 Å². The van der Waals surface area contributed by atoms with Gasteiger partial charge >= 0.3 is 5.97 Å². The number of hydrogen-bond acceptors (Lipinski definition) is 5. The van der Waals surface area contributed by atoms with Crippen molar-refractivity contribution in [2.24, 2.45) is 11.1 Å². The van der Waals surface area contributed by atoms with E-state index in [0.717, 1.165) is 5.56 Å². The van der Waals surface area contributed by atoms with Crippen molar-refractivity contribution in [2.75, 3.05) is 13.2 Å². The first-order valence-corrected chi connectivity index (χ1v) is 10.4. The van der Waals surface area contributed by atoms with Gasteiger partial charge in [0, 0.05) is 12.1 Å². The van der Waals surface area contributed by atoms with Crippen molar-refractivity contribution in [3.8, 4) is 0 Å². The molecule has 2 aromatic carbocycles. The number of sulfonamides is 1. The van der Waals surface area contributed by atoms with Gasteiger partial charge in [-0.1, -0.05) is 36.4 Å². The average Bonchev–Trinajstić information content (AvgIpc) is 2.65. The van der Waals surface area contributed by atoms with E-state index in [2.05, 4.69) is 5.32 Å². The van der Waals surface area contributed by atoms with Crippen LogP contribution in [0.4, 0.5) is 0 Å². The predicted octanol–water partition coefficient (Wildman–Crippen LogP) is 1.79. The van der Waals surface area contributed by atoms with Crippen LogP contribution in [0.15, 0.2) is 53.4 Å². The van der Waals surface area contributed by atoms with Crippen LogP contribution in [-0.2, 0) is 26.0 Å². The number of hydrogen-bond donors (Lipinski definition) is 2. The Balaban J connectivity index is 2.15. The Morgan fingerprint density at radius 1 is 1.14 bits per heavy atom. The summed E-state index contributed by atoms with van der Waals surface area (Å²) in [7, 11) is -3.92. The Kier molecular flexibility index (Phi) is 7.31. The van der Waals surface area contributed by atoms with Gasteiger partial charge in [0.05, 0.1) is 17.4 Å². The molecule has 0 saturated heterocycles. The zero-order valence-electron chi connectivity index (χ0n) is 15.8. The molecule has 0 spiro atoms. The van der Waals surface area contributed by atoms with Gasteiger partial charge in [0.15, 0.2) is 0 Å². The molecule has 2 rings (SSSR count). The minimum atomic E-state index is -3.92. The number of nitrogens with one attached hydrogen (secondary N) is 1. The lowest BCUT2D eigenvalue weighted by molar-refractivity contribution is -0.147. The smallest absolute Gasteiger partial charge is 0.311 e. The minimum Gasteiger partial charge on any atom is -0.466 e. The molecular formula is C20H24N2O5S. The maximum absolute atomic E-state index is 12.6. The van der Waals surface area contributed by atoms with Crippen molar-refractivity contribution in [3.63, 3.8) is 0 Å². The Bertz CT molecular complexity index is 942. The highest BCUT2D eigenvalue weighted by Crippen LogP contribution is 2.15. The van der Waals surface area contributed by atoms with Crippen molar-refractivity contribution in [1.82, 2.24) is 5.32 Å². The number of benzene rings is 2. The first-order valence-electron chi connectivity index (χ1n) is 8.84. The summed E-state index contributed by atoms with van der Waals surface area (Å²) in [5.74, 6) is -1.44. The number of rotatable bonds is 8. The number of aryl methyl sites for hydroxylation is 1. The summed E-state index contributed by atoms with van der Waals surface area (Å²) in [4.78, 5) is 24.7. The van der Waals surface area contributed by atoms with E-state index in [-0.39, 0.29) is 23.6 Å². The molecule has 3 N–H and O–H groups in total. The summed E-state index contributed by atoms with van der Waals surface area (Å²) in [6.07, 6.45) is 0.413. The maximum Gasteiger partial charge on any atom is 0.311 e. The monoisotopic (exact) mass is 404 g/mol. The minimum absolute atomic E-state index is 0.0611. The second-order valence-electron chi connectivity index (χ2n) is 6.37. The van der Waals surface area contributed by atoms with E-state index in [1.54, 1.807) is 13.8 Å². The first kappa shape index (κ1) is 21.6. The largest absolute Gasteiger partial charge is 0.466 e. The maximum atomic E-state index is 12.6. The lowest BCUT2D eigenvalue weighted by Gasteiger charge is -2.17. The number of carbonyl (C=O) groups excluding carboxylic acids is 2. The van der Waals surface area contributed by atoms with Crippen molar-refractivity contribution in [2.45, 2.75) is 25.2 Å². The molecule has 28 heavy (non-hydrogen) atoms. The fourth-order valence-corrected chi connectivity index (χ4v) is 3.27. The van der Waals surface area contributed by atoms with Gasteiger partial charge in [-0.15, -0.1) is 0 Å². The van der Waals surface area contributed by atoms with Gasteiger partial charge < -0.3 is 10.1 Å². The predicted molar refractivity (Wildman–Crippen MR) is 105 cm³/mol. The molecule has 1 atom stereocenters. The third-order valence-corrected chi connectivity index (χ3v) is 5.15. The molecule has 0 heterocycles. The lowest BCUT2D eigenvalue weighted by atomic mass is 9.99. The van der Waals surface area contributed by atoms with E-state index in [1.165, 1.54) is 18.2 Å². The van der Waals surface area contributed by atoms with Gasteiger partial charge in [0.25, 0.3) is 5.91 Å². The van der Waals surface area contributed by atoms with Crippen LogP contribution in [0.25, 0.3) is 0 Å². The Morgan fingerprint density at radius 2 is 1.82 bits per heavy atom. The molecule has 2 aromatic rings. The molecule has 0 saturated carbocycles. The number of esters is 1. The molecule has 7 nitrogen and oxygen atoms in total. The number of carbonyl (C=O) groups is 2. The summed E-state index contributed by atoms with van der Waals surface area (Å²) in [5, 5.41) is 7.84. The topological polar surface area (TPSA) is 116 Å². The number of ether oxygens (including phenoxy) is 1. The van der Waals surface area contributed by atoms with E-state index >= 15 is 0 Å². The van der Waals surface area contributed by atoms with Crippen LogP contribution < -0.4 is 10.5 Å². The molecule has 0 aromatic heterocycles. The summed E-state index contributed by atoms with van der Waals surface area (Å²) in [6, 6.07) is 13.5. The van der Waals surface area contributed by atoms with E-state index in [1.807, 2.05) is 30.3 Å². The molecule has 0 aliphatic carbocycles. The first-order chi connectivity index (χ1) is 13.2. The van der Waals surface area contributed by atoms with Gasteiger partial charge in [-0.05, 0) is 43.5 Å². The Labute approximate surface area is 164 Å². The molecule has 8 heteroatoms. The molecule has 0 aliphatic rings. The van der Waals surface area contributed by atoms with Crippen molar-refractivity contribution < 1.29 is 22.7 Å². The molecule has 0 radical (unpaired) electrons. The summed E-state index contributed by atoms with van der Waals surface area (Å²) < 4.78 is 28.2. The van der Waals surface area contributed by atoms with Gasteiger partial charge in [0.2, 0.25) is 10.0 Å². The van der Waals surface area contributed by atoms with Crippen LogP contribution in [0.2, 0.25) is 0 Å². The molecular weight excluding hydrogens is 380 g/mol. The normalized spacial score (nSPS) is 12.2. The van der Waals surface area contributed by atoms with Crippen LogP contribution in [0.3, 0.4) is 0 Å². The molecule has 1 unspecified atom stereocenters. The second kappa shape index (κ2) is 9.48. The highest BCUT2D eigenvalue weighted by Gasteiger charge is 2.22. The third-order valence-electron chi connectivity index (χ3n) is 4.24. The standard InChI is InChI=1S/C20H24N2O5S/c1-3-27-20(24)16(11-15-7-5-4-6-8-15)13-22-19(23)18-12-17(28(21,25)26)10-9-14(18)2/h4-10,12,16H,3,11,13H2,1-2H3,(H,22,23)(H2,21,25,26). The van der Waals surface area contributed by atoms with Crippen LogP contribution in [-0.4, -0.2) is 33.4 Å². The van der Waals surface area contributed by atoms with Crippen molar-refractivity contribution in [3.05, 3.63) is 65.2 Å². The van der Waals surface area contributed by atoms with Gasteiger partial charge in [-0.2, -0.15) is 0 Å². The number of primary sulfonamides is 1. The van der Waals surface area contributed by atoms with Gasteiger partial charge in [-0.3, -0.25) is 9.59 Å². The SMILES string of the molecule is CCOC(=O)C(CNC(=O)c1cc(S(N)(=O)=O)ccc1C)Cc1ccccc1. The zero-order valence-corrected chi connectivity index (χ0v) is 16.7. The lowest BCUT2D eigenvalue weighted by Crippen LogP contribution is -2.35.